The maximum absolute atomic E-state index is 9.66. The summed E-state index contributed by atoms with van der Waals surface area (Å²) in [4.78, 5) is 2.25. The van der Waals surface area contributed by atoms with Crippen molar-refractivity contribution in [3.63, 3.8) is 0 Å². The Morgan fingerprint density at radius 1 is 1.06 bits per heavy atom. The third-order valence-corrected chi connectivity index (χ3v) is 4.61. The van der Waals surface area contributed by atoms with Crippen LogP contribution in [0.15, 0.2) is 0 Å². The number of hydrogen-bond donors (Lipinski definition) is 3. The number of likely N-dealkylation sites (tertiary alicyclic amines) is 1. The number of nitrogens with one attached hydrogen (secondary N) is 1. The monoisotopic (exact) mass is 256 g/mol. The van der Waals surface area contributed by atoms with Gasteiger partial charge in [0.25, 0.3) is 0 Å². The summed E-state index contributed by atoms with van der Waals surface area (Å²) in [5.74, 6) is 0. The summed E-state index contributed by atoms with van der Waals surface area (Å²) in [6, 6.07) is 0. The Morgan fingerprint density at radius 2 is 1.61 bits per heavy atom. The number of aliphatic hydroxyl groups excluding tert-OH is 2. The van der Waals surface area contributed by atoms with Crippen LogP contribution in [0.3, 0.4) is 0 Å². The Hall–Kier alpha value is -0.160. The standard InChI is InChI=1S/C14H28N2O2/c1-15-10-14(6-4-2-3-5-7-14)11-16-8-12(17)13(18)9-16/h12-13,15,17-18H,2-11H2,1H3. The van der Waals surface area contributed by atoms with E-state index in [1.165, 1.54) is 38.5 Å². The molecule has 0 aromatic carbocycles. The van der Waals surface area contributed by atoms with E-state index in [4.69, 9.17) is 0 Å². The third-order valence-electron chi connectivity index (χ3n) is 4.61. The van der Waals surface area contributed by atoms with E-state index in [1.54, 1.807) is 0 Å². The van der Waals surface area contributed by atoms with E-state index < -0.39 is 12.2 Å². The second-order valence-corrected chi connectivity index (χ2v) is 6.27. The van der Waals surface area contributed by atoms with Gasteiger partial charge < -0.3 is 15.5 Å². The van der Waals surface area contributed by atoms with Gasteiger partial charge in [-0.3, -0.25) is 4.90 Å². The molecule has 1 saturated heterocycles. The lowest BCUT2D eigenvalue weighted by atomic mass is 9.79. The summed E-state index contributed by atoms with van der Waals surface area (Å²) in [7, 11) is 2.03. The molecule has 0 amide bonds. The van der Waals surface area contributed by atoms with Crippen LogP contribution in [0.2, 0.25) is 0 Å². The molecule has 4 nitrogen and oxygen atoms in total. The number of hydrogen-bond acceptors (Lipinski definition) is 4. The topological polar surface area (TPSA) is 55.7 Å². The molecule has 1 saturated carbocycles. The van der Waals surface area contributed by atoms with Crippen LogP contribution in [0, 0.1) is 5.41 Å². The van der Waals surface area contributed by atoms with Crippen molar-refractivity contribution >= 4 is 0 Å². The molecule has 3 N–H and O–H groups in total. The van der Waals surface area contributed by atoms with Crippen molar-refractivity contribution in [3.05, 3.63) is 0 Å². The van der Waals surface area contributed by atoms with Crippen LogP contribution in [0.1, 0.15) is 38.5 Å². The molecular weight excluding hydrogens is 228 g/mol. The van der Waals surface area contributed by atoms with Crippen LogP contribution < -0.4 is 5.32 Å². The first-order valence-electron chi connectivity index (χ1n) is 7.38. The zero-order chi connectivity index (χ0) is 13.0. The minimum atomic E-state index is -0.553. The van der Waals surface area contributed by atoms with Gasteiger partial charge in [-0.15, -0.1) is 0 Å². The van der Waals surface area contributed by atoms with E-state index in [0.29, 0.717) is 18.5 Å². The van der Waals surface area contributed by atoms with Gasteiger partial charge in [-0.2, -0.15) is 0 Å². The Bertz CT molecular complexity index is 242. The highest BCUT2D eigenvalue weighted by molar-refractivity contribution is 4.91. The van der Waals surface area contributed by atoms with Gasteiger partial charge in [-0.05, 0) is 25.3 Å². The zero-order valence-electron chi connectivity index (χ0n) is 11.6. The largest absolute Gasteiger partial charge is 0.389 e. The zero-order valence-corrected chi connectivity index (χ0v) is 11.6. The molecular formula is C14H28N2O2. The number of aliphatic hydroxyl groups is 2. The molecule has 2 fully saturated rings. The van der Waals surface area contributed by atoms with E-state index in [-0.39, 0.29) is 0 Å². The molecule has 0 aromatic rings. The highest BCUT2D eigenvalue weighted by Crippen LogP contribution is 2.36. The second-order valence-electron chi connectivity index (χ2n) is 6.27. The van der Waals surface area contributed by atoms with Crippen molar-refractivity contribution in [2.45, 2.75) is 50.7 Å². The first kappa shape index (κ1) is 14.3. The Morgan fingerprint density at radius 3 is 2.11 bits per heavy atom. The maximum atomic E-state index is 9.66. The summed E-state index contributed by atoms with van der Waals surface area (Å²) in [6.45, 7) is 3.33. The molecule has 1 aliphatic heterocycles. The lowest BCUT2D eigenvalue weighted by Gasteiger charge is -2.36. The average molecular weight is 256 g/mol. The van der Waals surface area contributed by atoms with Gasteiger partial charge in [0.05, 0.1) is 12.2 Å². The van der Waals surface area contributed by atoms with Crippen LogP contribution in [-0.2, 0) is 0 Å². The quantitative estimate of drug-likeness (QED) is 0.644. The van der Waals surface area contributed by atoms with Crippen molar-refractivity contribution in [1.29, 1.82) is 0 Å². The fourth-order valence-electron chi connectivity index (χ4n) is 3.69. The van der Waals surface area contributed by atoms with Crippen LogP contribution in [0.25, 0.3) is 0 Å². The maximum Gasteiger partial charge on any atom is 0.0938 e. The molecule has 106 valence electrons. The van der Waals surface area contributed by atoms with Crippen molar-refractivity contribution in [3.8, 4) is 0 Å². The Kier molecular flexibility index (Phi) is 5.01. The minimum Gasteiger partial charge on any atom is -0.389 e. The predicted octanol–water partition coefficient (Wildman–Crippen LogP) is 0.584. The lowest BCUT2D eigenvalue weighted by Crippen LogP contribution is -2.43. The number of nitrogens with zero attached hydrogens (tertiary/aromatic N) is 1. The third kappa shape index (κ3) is 3.44. The highest BCUT2D eigenvalue weighted by Gasteiger charge is 2.37. The highest BCUT2D eigenvalue weighted by atomic mass is 16.3. The molecule has 2 rings (SSSR count). The molecule has 1 aliphatic carbocycles. The lowest BCUT2D eigenvalue weighted by molar-refractivity contribution is 0.0572. The van der Waals surface area contributed by atoms with Crippen molar-refractivity contribution in [1.82, 2.24) is 10.2 Å². The first-order chi connectivity index (χ1) is 8.65. The van der Waals surface area contributed by atoms with E-state index in [0.717, 1.165) is 13.1 Å². The van der Waals surface area contributed by atoms with E-state index in [1.807, 2.05) is 7.05 Å². The van der Waals surface area contributed by atoms with Crippen LogP contribution in [0.4, 0.5) is 0 Å². The Labute approximate surface area is 110 Å². The molecule has 2 aliphatic rings. The van der Waals surface area contributed by atoms with Crippen molar-refractivity contribution < 1.29 is 10.2 Å². The Balaban J connectivity index is 1.96. The molecule has 1 heterocycles. The summed E-state index contributed by atoms with van der Waals surface area (Å²) in [6.07, 6.45) is 6.80. The normalized spacial score (nSPS) is 33.5. The fraction of sp³-hybridized carbons (Fsp3) is 1.00. The van der Waals surface area contributed by atoms with Gasteiger partial charge >= 0.3 is 0 Å². The molecule has 2 unspecified atom stereocenters. The fourth-order valence-corrected chi connectivity index (χ4v) is 3.69. The van der Waals surface area contributed by atoms with Crippen LogP contribution in [-0.4, -0.2) is 60.5 Å². The number of β-amino-alcohol motifs (C(OH)–C–C–N with tert-alkyl or cyclic N) is 2. The second kappa shape index (κ2) is 6.33. The molecule has 4 heteroatoms. The minimum absolute atomic E-state index is 0.342. The van der Waals surface area contributed by atoms with Gasteiger partial charge in [0, 0.05) is 26.2 Å². The summed E-state index contributed by atoms with van der Waals surface area (Å²) >= 11 is 0. The number of rotatable bonds is 4. The van der Waals surface area contributed by atoms with Crippen molar-refractivity contribution in [2.24, 2.45) is 5.41 Å². The summed E-state index contributed by atoms with van der Waals surface area (Å²) in [5, 5.41) is 22.7. The van der Waals surface area contributed by atoms with Crippen LogP contribution in [0.5, 0.6) is 0 Å². The molecule has 0 radical (unpaired) electrons. The smallest absolute Gasteiger partial charge is 0.0938 e. The molecule has 2 atom stereocenters. The molecule has 0 spiro atoms. The van der Waals surface area contributed by atoms with Gasteiger partial charge in [0.1, 0.15) is 0 Å². The SMILES string of the molecule is CNCC1(CN2CC(O)C(O)C2)CCCCCC1. The van der Waals surface area contributed by atoms with Crippen molar-refractivity contribution in [2.75, 3.05) is 33.2 Å². The van der Waals surface area contributed by atoms with Gasteiger partial charge in [-0.25, -0.2) is 0 Å². The molecule has 0 aromatic heterocycles. The first-order valence-corrected chi connectivity index (χ1v) is 7.38. The summed E-state index contributed by atoms with van der Waals surface area (Å²) in [5.41, 5.74) is 0.342. The van der Waals surface area contributed by atoms with E-state index in [2.05, 4.69) is 10.2 Å². The van der Waals surface area contributed by atoms with Gasteiger partial charge in [0.15, 0.2) is 0 Å². The van der Waals surface area contributed by atoms with Gasteiger partial charge in [0.2, 0.25) is 0 Å². The van der Waals surface area contributed by atoms with E-state index in [9.17, 15) is 10.2 Å². The molecule has 0 bridgehead atoms. The average Bonchev–Trinajstić information content (AvgIpc) is 2.54. The predicted molar refractivity (Wildman–Crippen MR) is 72.5 cm³/mol. The van der Waals surface area contributed by atoms with Crippen LogP contribution >= 0.6 is 0 Å². The van der Waals surface area contributed by atoms with E-state index >= 15 is 0 Å². The molecule has 18 heavy (non-hydrogen) atoms. The summed E-state index contributed by atoms with van der Waals surface area (Å²) < 4.78 is 0. The van der Waals surface area contributed by atoms with Gasteiger partial charge in [-0.1, -0.05) is 25.7 Å².